The maximum absolute atomic E-state index is 12.7. The van der Waals surface area contributed by atoms with Gasteiger partial charge in [-0.25, -0.2) is 15.0 Å². The minimum absolute atomic E-state index is 0.0341. The molecule has 0 aliphatic heterocycles. The van der Waals surface area contributed by atoms with Crippen LogP contribution in [0.3, 0.4) is 0 Å². The maximum atomic E-state index is 12.7. The summed E-state index contributed by atoms with van der Waals surface area (Å²) in [5.74, 6) is 3.68. The van der Waals surface area contributed by atoms with Gasteiger partial charge in [0.05, 0.1) is 13.4 Å². The highest BCUT2D eigenvalue weighted by Crippen LogP contribution is 2.35. The number of rotatable bonds is 4. The topological polar surface area (TPSA) is 108 Å². The van der Waals surface area contributed by atoms with Crippen LogP contribution in [0.4, 0.5) is 11.5 Å². The number of carbonyl (C=O) groups excluding carboxylic acids is 1. The number of methoxy groups -OCH3 is 1. The zero-order valence-electron chi connectivity index (χ0n) is 16.1. The van der Waals surface area contributed by atoms with Gasteiger partial charge in [0.2, 0.25) is 11.7 Å². The Hall–Kier alpha value is -3.60. The van der Waals surface area contributed by atoms with Gasteiger partial charge in [-0.15, -0.1) is 6.42 Å². The first-order chi connectivity index (χ1) is 14.1. The third-order valence-corrected chi connectivity index (χ3v) is 5.38. The molecular formula is C21H22N6O2. The Balaban J connectivity index is 1.44. The molecule has 1 amide bonds. The Morgan fingerprint density at radius 3 is 2.83 bits per heavy atom. The first-order valence-electron chi connectivity index (χ1n) is 9.50. The summed E-state index contributed by atoms with van der Waals surface area (Å²) >= 11 is 0. The molecule has 3 aromatic rings. The van der Waals surface area contributed by atoms with Crippen molar-refractivity contribution in [3.05, 3.63) is 36.4 Å². The van der Waals surface area contributed by atoms with Crippen molar-refractivity contribution in [2.24, 2.45) is 5.92 Å². The van der Waals surface area contributed by atoms with E-state index in [0.717, 1.165) is 31.4 Å². The van der Waals surface area contributed by atoms with Crippen LogP contribution in [0.5, 0.6) is 5.75 Å². The van der Waals surface area contributed by atoms with Gasteiger partial charge in [-0.1, -0.05) is 6.07 Å². The van der Waals surface area contributed by atoms with E-state index >= 15 is 0 Å². The van der Waals surface area contributed by atoms with Gasteiger partial charge >= 0.3 is 0 Å². The lowest BCUT2D eigenvalue weighted by Crippen LogP contribution is -2.28. The number of hydrogen-bond donors (Lipinski definition) is 2. The standard InChI is InChI=1S/C21H22N6O2/c1-3-17-25-19(22)18-20(26-17)27(12-23-18)15-9-7-13(8-10-15)21(28)24-14-5-4-6-16(11-14)29-2/h1,4-6,11-13,15H,7-10H2,2H3,(H,24,28)(H2,22,25,26). The van der Waals surface area contributed by atoms with Crippen LogP contribution in [0.25, 0.3) is 11.2 Å². The Kier molecular flexibility index (Phi) is 5.04. The highest BCUT2D eigenvalue weighted by atomic mass is 16.5. The number of carbonyl (C=O) groups is 1. The minimum Gasteiger partial charge on any atom is -0.497 e. The molecule has 0 unspecified atom stereocenters. The van der Waals surface area contributed by atoms with Gasteiger partial charge in [-0.3, -0.25) is 4.79 Å². The number of nitrogens with two attached hydrogens (primary N) is 1. The first kappa shape index (κ1) is 18.7. The molecule has 1 aromatic carbocycles. The summed E-state index contributed by atoms with van der Waals surface area (Å²) in [4.78, 5) is 25.5. The van der Waals surface area contributed by atoms with Crippen LogP contribution in [0, 0.1) is 18.3 Å². The van der Waals surface area contributed by atoms with Crippen LogP contribution in [0.2, 0.25) is 0 Å². The summed E-state index contributed by atoms with van der Waals surface area (Å²) in [6.07, 6.45) is 10.4. The normalized spacial score (nSPS) is 18.9. The predicted octanol–water partition coefficient (Wildman–Crippen LogP) is 2.77. The molecule has 4 rings (SSSR count). The van der Waals surface area contributed by atoms with E-state index in [2.05, 4.69) is 26.2 Å². The summed E-state index contributed by atoms with van der Waals surface area (Å²) in [6, 6.07) is 7.57. The average Bonchev–Trinajstić information content (AvgIpc) is 3.18. The molecule has 3 N–H and O–H groups in total. The van der Waals surface area contributed by atoms with E-state index in [4.69, 9.17) is 16.9 Å². The number of nitrogen functional groups attached to an aromatic ring is 1. The molecule has 1 aliphatic rings. The Morgan fingerprint density at radius 1 is 1.31 bits per heavy atom. The Labute approximate surface area is 168 Å². The predicted molar refractivity (Wildman–Crippen MR) is 110 cm³/mol. The van der Waals surface area contributed by atoms with Crippen molar-refractivity contribution in [1.82, 2.24) is 19.5 Å². The molecule has 1 aliphatic carbocycles. The highest BCUT2D eigenvalue weighted by molar-refractivity contribution is 5.92. The Morgan fingerprint density at radius 2 is 2.10 bits per heavy atom. The number of benzene rings is 1. The first-order valence-corrected chi connectivity index (χ1v) is 9.50. The van der Waals surface area contributed by atoms with Crippen LogP contribution in [0.15, 0.2) is 30.6 Å². The summed E-state index contributed by atoms with van der Waals surface area (Å²) in [7, 11) is 1.60. The second-order valence-corrected chi connectivity index (χ2v) is 7.13. The second kappa shape index (κ2) is 7.80. The fourth-order valence-electron chi connectivity index (χ4n) is 3.83. The van der Waals surface area contributed by atoms with Gasteiger partial charge in [0.15, 0.2) is 11.5 Å². The number of aromatic nitrogens is 4. The molecule has 2 heterocycles. The van der Waals surface area contributed by atoms with E-state index in [-0.39, 0.29) is 29.5 Å². The zero-order chi connectivity index (χ0) is 20.4. The molecule has 0 saturated heterocycles. The van der Waals surface area contributed by atoms with Crippen LogP contribution in [-0.4, -0.2) is 32.5 Å². The summed E-state index contributed by atoms with van der Waals surface area (Å²) in [5, 5.41) is 2.99. The lowest BCUT2D eigenvalue weighted by atomic mass is 9.85. The van der Waals surface area contributed by atoms with Gasteiger partial charge < -0.3 is 20.4 Å². The van der Waals surface area contributed by atoms with Crippen LogP contribution < -0.4 is 15.8 Å². The highest BCUT2D eigenvalue weighted by Gasteiger charge is 2.28. The largest absolute Gasteiger partial charge is 0.497 e. The summed E-state index contributed by atoms with van der Waals surface area (Å²) in [5.41, 5.74) is 7.89. The second-order valence-electron chi connectivity index (χ2n) is 7.13. The molecule has 29 heavy (non-hydrogen) atoms. The average molecular weight is 390 g/mol. The van der Waals surface area contributed by atoms with Gasteiger partial charge in [-0.05, 0) is 43.7 Å². The fourth-order valence-corrected chi connectivity index (χ4v) is 3.83. The molecule has 2 aromatic heterocycles. The lowest BCUT2D eigenvalue weighted by Gasteiger charge is -2.28. The zero-order valence-corrected chi connectivity index (χ0v) is 16.1. The number of hydrogen-bond acceptors (Lipinski definition) is 6. The van der Waals surface area contributed by atoms with Crippen molar-refractivity contribution in [3.63, 3.8) is 0 Å². The lowest BCUT2D eigenvalue weighted by molar-refractivity contribution is -0.120. The molecule has 0 radical (unpaired) electrons. The van der Waals surface area contributed by atoms with E-state index in [1.807, 2.05) is 28.8 Å². The number of anilines is 2. The van der Waals surface area contributed by atoms with Gasteiger partial charge in [0, 0.05) is 23.7 Å². The van der Waals surface area contributed by atoms with Crippen LogP contribution in [-0.2, 0) is 4.79 Å². The number of nitrogens with zero attached hydrogens (tertiary/aromatic N) is 4. The van der Waals surface area contributed by atoms with Crippen molar-refractivity contribution < 1.29 is 9.53 Å². The summed E-state index contributed by atoms with van der Waals surface area (Å²) < 4.78 is 7.21. The third-order valence-electron chi connectivity index (χ3n) is 5.38. The minimum atomic E-state index is -0.0341. The number of imidazole rings is 1. The van der Waals surface area contributed by atoms with E-state index in [9.17, 15) is 4.79 Å². The molecule has 148 valence electrons. The van der Waals surface area contributed by atoms with E-state index < -0.39 is 0 Å². The monoisotopic (exact) mass is 390 g/mol. The number of terminal acetylenes is 1. The summed E-state index contributed by atoms with van der Waals surface area (Å²) in [6.45, 7) is 0. The maximum Gasteiger partial charge on any atom is 0.227 e. The third kappa shape index (κ3) is 3.72. The van der Waals surface area contributed by atoms with Crippen molar-refractivity contribution >= 4 is 28.6 Å². The Bertz CT molecular complexity index is 1090. The molecule has 1 saturated carbocycles. The quantitative estimate of drug-likeness (QED) is 0.663. The number of amides is 1. The van der Waals surface area contributed by atoms with Crippen LogP contribution in [0.1, 0.15) is 37.5 Å². The van der Waals surface area contributed by atoms with Gasteiger partial charge in [-0.2, -0.15) is 0 Å². The molecule has 0 spiro atoms. The number of fused-ring (bicyclic) bond motifs is 1. The van der Waals surface area contributed by atoms with Crippen molar-refractivity contribution in [1.29, 1.82) is 0 Å². The number of ether oxygens (including phenoxy) is 1. The van der Waals surface area contributed by atoms with Crippen molar-refractivity contribution in [2.75, 3.05) is 18.2 Å². The molecule has 0 bridgehead atoms. The fraction of sp³-hybridized carbons (Fsp3) is 0.333. The molecule has 8 heteroatoms. The smallest absolute Gasteiger partial charge is 0.227 e. The van der Waals surface area contributed by atoms with E-state index in [0.29, 0.717) is 16.9 Å². The molecule has 0 atom stereocenters. The SMILES string of the molecule is C#Cc1nc(N)c2ncn(C3CCC(C(=O)Nc4cccc(OC)c4)CC3)c2n1. The molecule has 8 nitrogen and oxygen atoms in total. The number of nitrogens with one attached hydrogen (secondary N) is 1. The molecule has 1 fully saturated rings. The van der Waals surface area contributed by atoms with E-state index in [1.165, 1.54) is 0 Å². The molecular weight excluding hydrogens is 368 g/mol. The van der Waals surface area contributed by atoms with Crippen LogP contribution >= 0.6 is 0 Å². The van der Waals surface area contributed by atoms with Gasteiger partial charge in [0.25, 0.3) is 0 Å². The van der Waals surface area contributed by atoms with E-state index in [1.54, 1.807) is 13.4 Å². The van der Waals surface area contributed by atoms with Crippen molar-refractivity contribution in [2.45, 2.75) is 31.7 Å². The van der Waals surface area contributed by atoms with Gasteiger partial charge in [0.1, 0.15) is 11.3 Å². The van der Waals surface area contributed by atoms with Crippen molar-refractivity contribution in [3.8, 4) is 18.1 Å².